The zero-order valence-electron chi connectivity index (χ0n) is 20.5. The molecule has 0 aliphatic carbocycles. The third-order valence-electron chi connectivity index (χ3n) is 5.66. The first-order valence-corrected chi connectivity index (χ1v) is 12.6. The number of nitrogens with zero attached hydrogens (tertiary/aromatic N) is 3. The van der Waals surface area contributed by atoms with Crippen LogP contribution in [0.4, 0.5) is 5.69 Å². The summed E-state index contributed by atoms with van der Waals surface area (Å²) in [4.78, 5) is 25.4. The molecular weight excluding hydrogens is 446 g/mol. The molecular formula is C26H33N5O2S. The lowest BCUT2D eigenvalue weighted by Gasteiger charge is -2.23. The fourth-order valence-corrected chi connectivity index (χ4v) is 4.47. The molecule has 3 rings (SSSR count). The molecule has 34 heavy (non-hydrogen) atoms. The second kappa shape index (κ2) is 11.8. The van der Waals surface area contributed by atoms with Gasteiger partial charge < -0.3 is 15.2 Å². The Hall–Kier alpha value is -3.13. The average Bonchev–Trinajstić information content (AvgIpc) is 3.24. The van der Waals surface area contributed by atoms with Crippen molar-refractivity contribution in [2.45, 2.75) is 58.8 Å². The topological polar surface area (TPSA) is 88.9 Å². The summed E-state index contributed by atoms with van der Waals surface area (Å²) in [5.41, 5.74) is 3.57. The molecule has 0 bridgehead atoms. The number of carbonyl (C=O) groups is 2. The lowest BCUT2D eigenvalue weighted by molar-refractivity contribution is -0.113. The van der Waals surface area contributed by atoms with Gasteiger partial charge in [-0.3, -0.25) is 9.59 Å². The predicted molar refractivity (Wildman–Crippen MR) is 137 cm³/mol. The van der Waals surface area contributed by atoms with Crippen molar-refractivity contribution < 1.29 is 9.59 Å². The van der Waals surface area contributed by atoms with Crippen molar-refractivity contribution in [3.05, 3.63) is 71.0 Å². The van der Waals surface area contributed by atoms with Gasteiger partial charge in [0.05, 0.1) is 11.8 Å². The van der Waals surface area contributed by atoms with Crippen LogP contribution in [-0.2, 0) is 17.8 Å². The number of hydrogen-bond donors (Lipinski definition) is 2. The summed E-state index contributed by atoms with van der Waals surface area (Å²) in [6, 6.07) is 15.1. The highest BCUT2D eigenvalue weighted by Gasteiger charge is 2.26. The van der Waals surface area contributed by atoms with Crippen LogP contribution in [-0.4, -0.2) is 32.3 Å². The number of carbonyl (C=O) groups excluding carboxylic acids is 2. The Morgan fingerprint density at radius 2 is 1.74 bits per heavy atom. The molecule has 0 unspecified atom stereocenters. The van der Waals surface area contributed by atoms with Crippen LogP contribution in [0.5, 0.6) is 0 Å². The van der Waals surface area contributed by atoms with Gasteiger partial charge in [0.25, 0.3) is 5.91 Å². The van der Waals surface area contributed by atoms with Crippen LogP contribution >= 0.6 is 11.8 Å². The lowest BCUT2D eigenvalue weighted by atomic mass is 10.0. The first-order chi connectivity index (χ1) is 16.3. The maximum absolute atomic E-state index is 13.0. The number of hydrogen-bond acceptors (Lipinski definition) is 5. The summed E-state index contributed by atoms with van der Waals surface area (Å²) >= 11 is 1.34. The van der Waals surface area contributed by atoms with Gasteiger partial charge in [0.1, 0.15) is 0 Å². The molecule has 0 saturated heterocycles. The van der Waals surface area contributed by atoms with Crippen LogP contribution in [0.1, 0.15) is 61.0 Å². The molecule has 0 aliphatic heterocycles. The fourth-order valence-electron chi connectivity index (χ4n) is 3.66. The molecule has 2 aromatic carbocycles. The predicted octanol–water partition coefficient (Wildman–Crippen LogP) is 5.03. The molecule has 1 atom stereocenters. The Morgan fingerprint density at radius 3 is 2.35 bits per heavy atom. The molecule has 1 aromatic heterocycles. The number of aromatic nitrogens is 3. The van der Waals surface area contributed by atoms with E-state index in [4.69, 9.17) is 0 Å². The summed E-state index contributed by atoms with van der Waals surface area (Å²) in [5, 5.41) is 15.5. The zero-order chi connectivity index (χ0) is 24.7. The zero-order valence-corrected chi connectivity index (χ0v) is 21.3. The van der Waals surface area contributed by atoms with Crippen molar-refractivity contribution in [2.24, 2.45) is 5.92 Å². The largest absolute Gasteiger partial charge is 0.342 e. The highest BCUT2D eigenvalue weighted by atomic mass is 32.2. The Balaban J connectivity index is 1.70. The second-order valence-corrected chi connectivity index (χ2v) is 9.42. The summed E-state index contributed by atoms with van der Waals surface area (Å²) in [6.07, 6.45) is 0.960. The summed E-state index contributed by atoms with van der Waals surface area (Å²) in [7, 11) is 0. The maximum Gasteiger partial charge on any atom is 0.252 e. The number of aryl methyl sites for hydroxylation is 2. The Labute approximate surface area is 205 Å². The van der Waals surface area contributed by atoms with E-state index in [1.54, 1.807) is 0 Å². The summed E-state index contributed by atoms with van der Waals surface area (Å²) in [5.74, 6) is 0.780. The van der Waals surface area contributed by atoms with Crippen LogP contribution in [0, 0.1) is 12.8 Å². The summed E-state index contributed by atoms with van der Waals surface area (Å²) < 4.78 is 1.97. The molecule has 180 valence electrons. The van der Waals surface area contributed by atoms with Crippen molar-refractivity contribution in [1.29, 1.82) is 0 Å². The molecule has 0 radical (unpaired) electrons. The first kappa shape index (κ1) is 25.5. The molecule has 2 N–H and O–H groups in total. The molecule has 7 nitrogen and oxygen atoms in total. The normalized spacial score (nSPS) is 11.9. The minimum absolute atomic E-state index is 0.102. The molecule has 2 amide bonds. The van der Waals surface area contributed by atoms with E-state index in [0.29, 0.717) is 23.1 Å². The van der Waals surface area contributed by atoms with Gasteiger partial charge in [-0.2, -0.15) is 0 Å². The highest BCUT2D eigenvalue weighted by molar-refractivity contribution is 7.99. The van der Waals surface area contributed by atoms with Crippen LogP contribution in [0.3, 0.4) is 0 Å². The van der Waals surface area contributed by atoms with Gasteiger partial charge in [-0.05, 0) is 55.5 Å². The van der Waals surface area contributed by atoms with Gasteiger partial charge in [0, 0.05) is 17.8 Å². The third kappa shape index (κ3) is 6.26. The smallest absolute Gasteiger partial charge is 0.252 e. The second-order valence-electron chi connectivity index (χ2n) is 8.48. The Bertz CT molecular complexity index is 1120. The maximum atomic E-state index is 13.0. The van der Waals surface area contributed by atoms with E-state index in [0.717, 1.165) is 17.7 Å². The quantitative estimate of drug-likeness (QED) is 0.398. The highest BCUT2D eigenvalue weighted by Crippen LogP contribution is 2.26. The standard InChI is InChI=1S/C26H33N5O2S/c1-6-19-12-14-20(15-13-19)27-22(32)16-34-26-30-29-24(31(26)7-2)23(17(3)4)28-25(33)21-11-9-8-10-18(21)5/h8-15,17,23H,6-7,16H2,1-5H3,(H,27,32)(H,28,33)/t23-/m0/s1. The van der Waals surface area contributed by atoms with Crippen LogP contribution in [0.15, 0.2) is 53.7 Å². The molecule has 0 saturated carbocycles. The number of amides is 2. The van der Waals surface area contributed by atoms with E-state index in [2.05, 4.69) is 27.8 Å². The minimum atomic E-state index is -0.306. The van der Waals surface area contributed by atoms with E-state index < -0.39 is 0 Å². The molecule has 0 aliphatic rings. The average molecular weight is 480 g/mol. The van der Waals surface area contributed by atoms with E-state index in [1.807, 2.05) is 80.8 Å². The van der Waals surface area contributed by atoms with Gasteiger partial charge in [-0.1, -0.05) is 62.9 Å². The van der Waals surface area contributed by atoms with Gasteiger partial charge in [-0.15, -0.1) is 10.2 Å². The van der Waals surface area contributed by atoms with E-state index in [9.17, 15) is 9.59 Å². The third-order valence-corrected chi connectivity index (χ3v) is 6.63. The molecule has 1 heterocycles. The Morgan fingerprint density at radius 1 is 1.03 bits per heavy atom. The molecule has 0 fully saturated rings. The van der Waals surface area contributed by atoms with Crippen LogP contribution in [0.25, 0.3) is 0 Å². The molecule has 3 aromatic rings. The van der Waals surface area contributed by atoms with Crippen LogP contribution < -0.4 is 10.6 Å². The van der Waals surface area contributed by atoms with Crippen molar-refractivity contribution in [1.82, 2.24) is 20.1 Å². The van der Waals surface area contributed by atoms with E-state index >= 15 is 0 Å². The number of thioether (sulfide) groups is 1. The van der Waals surface area contributed by atoms with Gasteiger partial charge in [0.15, 0.2) is 11.0 Å². The minimum Gasteiger partial charge on any atom is -0.342 e. The molecule has 0 spiro atoms. The lowest BCUT2D eigenvalue weighted by Crippen LogP contribution is -2.34. The van der Waals surface area contributed by atoms with Crippen molar-refractivity contribution >= 4 is 29.3 Å². The van der Waals surface area contributed by atoms with Crippen molar-refractivity contribution in [3.8, 4) is 0 Å². The summed E-state index contributed by atoms with van der Waals surface area (Å²) in [6.45, 7) is 10.7. The van der Waals surface area contributed by atoms with E-state index in [1.165, 1.54) is 17.3 Å². The number of nitrogens with one attached hydrogen (secondary N) is 2. The van der Waals surface area contributed by atoms with Gasteiger partial charge in [-0.25, -0.2) is 0 Å². The SMILES string of the molecule is CCc1ccc(NC(=O)CSc2nnc([C@@H](NC(=O)c3ccccc3C)C(C)C)n2CC)cc1. The van der Waals surface area contributed by atoms with Crippen molar-refractivity contribution in [2.75, 3.05) is 11.1 Å². The molecule has 8 heteroatoms. The van der Waals surface area contributed by atoms with Crippen LogP contribution in [0.2, 0.25) is 0 Å². The number of benzene rings is 2. The van der Waals surface area contributed by atoms with Crippen molar-refractivity contribution in [3.63, 3.8) is 0 Å². The van der Waals surface area contributed by atoms with Gasteiger partial charge in [0.2, 0.25) is 5.91 Å². The first-order valence-electron chi connectivity index (χ1n) is 11.6. The number of rotatable bonds is 10. The van der Waals surface area contributed by atoms with Gasteiger partial charge >= 0.3 is 0 Å². The number of anilines is 1. The van der Waals surface area contributed by atoms with E-state index in [-0.39, 0.29) is 29.5 Å². The monoisotopic (exact) mass is 479 g/mol. The fraction of sp³-hybridized carbons (Fsp3) is 0.385. The Kier molecular flexibility index (Phi) is 8.87.